The summed E-state index contributed by atoms with van der Waals surface area (Å²) in [6.45, 7) is 0. The Balaban J connectivity index is 1.93. The Morgan fingerprint density at radius 1 is 0.682 bits per heavy atom. The Bertz CT molecular complexity index is 997. The lowest BCUT2D eigenvalue weighted by atomic mass is 10.1. The third-order valence-corrected chi connectivity index (χ3v) is 3.56. The molecule has 0 bridgehead atoms. The van der Waals surface area contributed by atoms with Gasteiger partial charge in [-0.15, -0.1) is 0 Å². The Morgan fingerprint density at radius 2 is 1.45 bits per heavy atom. The third-order valence-electron chi connectivity index (χ3n) is 3.56. The second kappa shape index (κ2) is 5.00. The summed E-state index contributed by atoms with van der Waals surface area (Å²) in [6.07, 6.45) is 3.34. The first-order chi connectivity index (χ1) is 10.8. The fourth-order valence-electron chi connectivity index (χ4n) is 2.48. The Morgan fingerprint density at radius 3 is 2.27 bits per heavy atom. The largest absolute Gasteiger partial charge is 0.285 e. The SMILES string of the molecule is O=C(c1ccccn1)c1ccc2ccc3cccnc3c2n1. The fraction of sp³-hybridized carbons (Fsp3) is 0. The van der Waals surface area contributed by atoms with Gasteiger partial charge in [-0.25, -0.2) is 4.98 Å². The number of benzene rings is 1. The van der Waals surface area contributed by atoms with E-state index in [-0.39, 0.29) is 5.78 Å². The molecule has 4 heteroatoms. The Hall–Kier alpha value is -3.14. The first-order valence-electron chi connectivity index (χ1n) is 6.93. The van der Waals surface area contributed by atoms with Crippen LogP contribution in [0.1, 0.15) is 16.2 Å². The highest BCUT2D eigenvalue weighted by Gasteiger charge is 2.13. The van der Waals surface area contributed by atoms with E-state index < -0.39 is 0 Å². The molecule has 4 rings (SSSR count). The average molecular weight is 285 g/mol. The van der Waals surface area contributed by atoms with E-state index in [2.05, 4.69) is 15.0 Å². The van der Waals surface area contributed by atoms with E-state index in [1.807, 2.05) is 30.3 Å². The molecule has 0 unspecified atom stereocenters. The van der Waals surface area contributed by atoms with Crippen molar-refractivity contribution in [3.8, 4) is 0 Å². The van der Waals surface area contributed by atoms with Gasteiger partial charge in [0, 0.05) is 23.2 Å². The zero-order valence-electron chi connectivity index (χ0n) is 11.6. The van der Waals surface area contributed by atoms with Crippen LogP contribution in [-0.4, -0.2) is 20.7 Å². The van der Waals surface area contributed by atoms with E-state index in [9.17, 15) is 4.79 Å². The lowest BCUT2D eigenvalue weighted by molar-refractivity contribution is 0.103. The molecule has 0 aliphatic rings. The molecule has 3 aromatic heterocycles. The van der Waals surface area contributed by atoms with E-state index >= 15 is 0 Å². The summed E-state index contributed by atoms with van der Waals surface area (Å²) in [4.78, 5) is 25.5. The minimum absolute atomic E-state index is 0.185. The molecule has 0 aliphatic heterocycles. The van der Waals surface area contributed by atoms with Crippen LogP contribution in [-0.2, 0) is 0 Å². The number of pyridine rings is 3. The number of rotatable bonds is 2. The van der Waals surface area contributed by atoms with Gasteiger partial charge in [0.25, 0.3) is 0 Å². The first kappa shape index (κ1) is 12.6. The van der Waals surface area contributed by atoms with Crippen LogP contribution in [0.25, 0.3) is 21.8 Å². The molecule has 0 N–H and O–H groups in total. The highest BCUT2D eigenvalue weighted by atomic mass is 16.1. The van der Waals surface area contributed by atoms with Gasteiger partial charge in [0.05, 0.1) is 11.0 Å². The molecular weight excluding hydrogens is 274 g/mol. The minimum atomic E-state index is -0.185. The van der Waals surface area contributed by atoms with Gasteiger partial charge < -0.3 is 0 Å². The van der Waals surface area contributed by atoms with Gasteiger partial charge in [0.15, 0.2) is 0 Å². The predicted molar refractivity (Wildman–Crippen MR) is 84.7 cm³/mol. The van der Waals surface area contributed by atoms with Crippen molar-refractivity contribution < 1.29 is 4.79 Å². The van der Waals surface area contributed by atoms with Crippen molar-refractivity contribution in [1.82, 2.24) is 15.0 Å². The highest BCUT2D eigenvalue weighted by molar-refractivity contribution is 6.09. The molecule has 0 fully saturated rings. The number of carbonyl (C=O) groups is 1. The molecule has 0 radical (unpaired) electrons. The van der Waals surface area contributed by atoms with E-state index in [0.29, 0.717) is 11.4 Å². The van der Waals surface area contributed by atoms with Crippen LogP contribution in [0.2, 0.25) is 0 Å². The van der Waals surface area contributed by atoms with Crippen molar-refractivity contribution in [2.24, 2.45) is 0 Å². The number of hydrogen-bond acceptors (Lipinski definition) is 4. The smallest absolute Gasteiger partial charge is 0.229 e. The predicted octanol–water partition coefficient (Wildman–Crippen LogP) is 3.41. The summed E-state index contributed by atoms with van der Waals surface area (Å²) in [6, 6.07) is 16.7. The van der Waals surface area contributed by atoms with Gasteiger partial charge in [0.1, 0.15) is 11.4 Å². The summed E-state index contributed by atoms with van der Waals surface area (Å²) in [5.74, 6) is -0.185. The fourth-order valence-corrected chi connectivity index (χ4v) is 2.48. The normalized spacial score (nSPS) is 10.9. The van der Waals surface area contributed by atoms with Gasteiger partial charge in [-0.3, -0.25) is 14.8 Å². The van der Waals surface area contributed by atoms with Crippen molar-refractivity contribution in [2.45, 2.75) is 0 Å². The molecule has 3 heterocycles. The maximum atomic E-state index is 12.5. The highest BCUT2D eigenvalue weighted by Crippen LogP contribution is 2.22. The van der Waals surface area contributed by atoms with Crippen molar-refractivity contribution in [2.75, 3.05) is 0 Å². The Kier molecular flexibility index (Phi) is 2.86. The minimum Gasteiger partial charge on any atom is -0.285 e. The second-order valence-electron chi connectivity index (χ2n) is 4.95. The average Bonchev–Trinajstić information content (AvgIpc) is 2.61. The van der Waals surface area contributed by atoms with Crippen LogP contribution < -0.4 is 0 Å². The molecule has 0 atom stereocenters. The summed E-state index contributed by atoms with van der Waals surface area (Å²) in [5.41, 5.74) is 2.31. The van der Waals surface area contributed by atoms with Crippen molar-refractivity contribution in [1.29, 1.82) is 0 Å². The van der Waals surface area contributed by atoms with Crippen LogP contribution in [0.5, 0.6) is 0 Å². The third kappa shape index (κ3) is 2.02. The summed E-state index contributed by atoms with van der Waals surface area (Å²) in [7, 11) is 0. The number of carbonyl (C=O) groups excluding carboxylic acids is 1. The maximum Gasteiger partial charge on any atom is 0.229 e. The zero-order valence-corrected chi connectivity index (χ0v) is 11.6. The van der Waals surface area contributed by atoms with Gasteiger partial charge in [-0.2, -0.15) is 0 Å². The molecule has 0 saturated heterocycles. The molecule has 4 aromatic rings. The second-order valence-corrected chi connectivity index (χ2v) is 4.95. The van der Waals surface area contributed by atoms with Gasteiger partial charge in [0.2, 0.25) is 5.78 Å². The lowest BCUT2D eigenvalue weighted by Gasteiger charge is -2.05. The van der Waals surface area contributed by atoms with Crippen LogP contribution in [0.4, 0.5) is 0 Å². The zero-order chi connectivity index (χ0) is 14.9. The number of nitrogens with zero attached hydrogens (tertiary/aromatic N) is 3. The Labute approximate surface area is 126 Å². The number of ketones is 1. The molecule has 0 spiro atoms. The standard InChI is InChI=1S/C18H11N3O/c22-18(14-5-1-2-10-19-14)15-9-8-13-7-6-12-4-3-11-20-16(12)17(13)21-15/h1-11H. The maximum absolute atomic E-state index is 12.5. The van der Waals surface area contributed by atoms with Crippen molar-refractivity contribution in [3.63, 3.8) is 0 Å². The van der Waals surface area contributed by atoms with Crippen molar-refractivity contribution >= 4 is 27.6 Å². The van der Waals surface area contributed by atoms with Crippen molar-refractivity contribution in [3.05, 3.63) is 78.4 Å². The number of hydrogen-bond donors (Lipinski definition) is 0. The summed E-state index contributed by atoms with van der Waals surface area (Å²) in [5, 5.41) is 1.97. The summed E-state index contributed by atoms with van der Waals surface area (Å²) >= 11 is 0. The molecule has 0 aliphatic carbocycles. The van der Waals surface area contributed by atoms with E-state index in [0.717, 1.165) is 21.8 Å². The first-order valence-corrected chi connectivity index (χ1v) is 6.93. The van der Waals surface area contributed by atoms with Gasteiger partial charge in [-0.1, -0.05) is 30.3 Å². The number of fused-ring (bicyclic) bond motifs is 3. The number of aromatic nitrogens is 3. The van der Waals surface area contributed by atoms with Crippen LogP contribution in [0.15, 0.2) is 67.0 Å². The molecule has 0 saturated carbocycles. The quantitative estimate of drug-likeness (QED) is 0.418. The molecule has 1 aromatic carbocycles. The topological polar surface area (TPSA) is 55.7 Å². The summed E-state index contributed by atoms with van der Waals surface area (Å²) < 4.78 is 0. The lowest BCUT2D eigenvalue weighted by Crippen LogP contribution is -2.06. The van der Waals surface area contributed by atoms with E-state index in [1.54, 1.807) is 36.7 Å². The van der Waals surface area contributed by atoms with E-state index in [4.69, 9.17) is 0 Å². The molecule has 104 valence electrons. The van der Waals surface area contributed by atoms with Crippen LogP contribution >= 0.6 is 0 Å². The molecule has 22 heavy (non-hydrogen) atoms. The monoisotopic (exact) mass is 285 g/mol. The van der Waals surface area contributed by atoms with Gasteiger partial charge >= 0.3 is 0 Å². The van der Waals surface area contributed by atoms with E-state index in [1.165, 1.54) is 0 Å². The molecular formula is C18H11N3O. The molecule has 0 amide bonds. The van der Waals surface area contributed by atoms with Crippen LogP contribution in [0, 0.1) is 0 Å². The van der Waals surface area contributed by atoms with Gasteiger partial charge in [-0.05, 0) is 24.3 Å². The van der Waals surface area contributed by atoms with Crippen LogP contribution in [0.3, 0.4) is 0 Å². The molecule has 4 nitrogen and oxygen atoms in total.